The second-order valence-electron chi connectivity index (χ2n) is 9.55. The van der Waals surface area contributed by atoms with E-state index >= 15 is 0 Å². The van der Waals surface area contributed by atoms with E-state index in [4.69, 9.17) is 16.0 Å². The molecule has 4 saturated carbocycles. The fourth-order valence-corrected chi connectivity index (χ4v) is 6.78. The van der Waals surface area contributed by atoms with Gasteiger partial charge in [-0.05, 0) is 99.3 Å². The zero-order chi connectivity index (χ0) is 19.5. The van der Waals surface area contributed by atoms with Gasteiger partial charge in [-0.1, -0.05) is 23.7 Å². The van der Waals surface area contributed by atoms with Crippen molar-refractivity contribution in [3.05, 3.63) is 46.7 Å². The standard InChI is InChI=1S/C24H28ClNO2/c1-14-19(4-3-5-20(14)25)21-6-7-22(28-21)23(27)26-15(2)24-11-16-8-17(12-24)10-18(9-16)13-24/h3-7,15-18H,8-13H2,1-2H3,(H,26,27)/t15-,16?,17?,18?,24?/m0/s1. The Labute approximate surface area is 171 Å². The summed E-state index contributed by atoms with van der Waals surface area (Å²) in [6.07, 6.45) is 8.10. The first-order chi connectivity index (χ1) is 13.4. The topological polar surface area (TPSA) is 42.2 Å². The molecule has 0 spiro atoms. The minimum absolute atomic E-state index is 0.103. The van der Waals surface area contributed by atoms with Gasteiger partial charge in [0.05, 0.1) is 0 Å². The largest absolute Gasteiger partial charge is 0.451 e. The van der Waals surface area contributed by atoms with Crippen LogP contribution in [-0.2, 0) is 0 Å². The molecule has 4 heteroatoms. The van der Waals surface area contributed by atoms with E-state index in [1.165, 1.54) is 38.5 Å². The molecule has 1 aromatic heterocycles. The summed E-state index contributed by atoms with van der Waals surface area (Å²) >= 11 is 6.23. The summed E-state index contributed by atoms with van der Waals surface area (Å²) in [6.45, 7) is 4.17. The molecule has 1 N–H and O–H groups in total. The van der Waals surface area contributed by atoms with Gasteiger partial charge in [0.1, 0.15) is 5.76 Å². The van der Waals surface area contributed by atoms with E-state index in [1.807, 2.05) is 31.2 Å². The molecule has 0 aliphatic heterocycles. The zero-order valence-electron chi connectivity index (χ0n) is 16.6. The van der Waals surface area contributed by atoms with Gasteiger partial charge in [0.15, 0.2) is 5.76 Å². The molecule has 1 amide bonds. The van der Waals surface area contributed by atoms with Crippen molar-refractivity contribution in [3.8, 4) is 11.3 Å². The van der Waals surface area contributed by atoms with Crippen LogP contribution in [0.25, 0.3) is 11.3 Å². The number of hydrogen-bond donors (Lipinski definition) is 1. The SMILES string of the molecule is Cc1c(Cl)cccc1-c1ccc(C(=O)N[C@@H](C)C23CC4CC(CC(C4)C2)C3)o1. The summed E-state index contributed by atoms with van der Waals surface area (Å²) in [7, 11) is 0. The Bertz CT molecular complexity index is 880. The minimum Gasteiger partial charge on any atom is -0.451 e. The van der Waals surface area contributed by atoms with Crippen molar-refractivity contribution in [2.75, 3.05) is 0 Å². The Morgan fingerprint density at radius 1 is 1.11 bits per heavy atom. The van der Waals surface area contributed by atoms with Gasteiger partial charge in [0.25, 0.3) is 5.91 Å². The van der Waals surface area contributed by atoms with E-state index in [0.717, 1.165) is 28.9 Å². The van der Waals surface area contributed by atoms with Crippen LogP contribution >= 0.6 is 11.6 Å². The van der Waals surface area contributed by atoms with E-state index in [-0.39, 0.29) is 11.9 Å². The van der Waals surface area contributed by atoms with E-state index in [9.17, 15) is 4.79 Å². The molecule has 148 valence electrons. The third-order valence-electron chi connectivity index (χ3n) is 7.71. The highest BCUT2D eigenvalue weighted by Crippen LogP contribution is 2.61. The molecule has 4 aliphatic rings. The van der Waals surface area contributed by atoms with Crippen LogP contribution in [0.15, 0.2) is 34.7 Å². The van der Waals surface area contributed by atoms with Gasteiger partial charge in [-0.2, -0.15) is 0 Å². The van der Waals surface area contributed by atoms with Crippen molar-refractivity contribution in [1.82, 2.24) is 5.32 Å². The normalized spacial score (nSPS) is 31.8. The third kappa shape index (κ3) is 2.99. The maximum atomic E-state index is 12.9. The van der Waals surface area contributed by atoms with Crippen LogP contribution in [0.1, 0.15) is 61.6 Å². The summed E-state index contributed by atoms with van der Waals surface area (Å²) in [5.74, 6) is 3.61. The second kappa shape index (κ2) is 6.66. The number of amides is 1. The van der Waals surface area contributed by atoms with Gasteiger partial charge < -0.3 is 9.73 Å². The molecule has 0 radical (unpaired) electrons. The van der Waals surface area contributed by atoms with E-state index in [0.29, 0.717) is 22.0 Å². The molecule has 4 bridgehead atoms. The molecule has 1 atom stereocenters. The van der Waals surface area contributed by atoms with Crippen molar-refractivity contribution in [1.29, 1.82) is 0 Å². The smallest absolute Gasteiger partial charge is 0.287 e. The molecule has 1 heterocycles. The van der Waals surface area contributed by atoms with Gasteiger partial charge >= 0.3 is 0 Å². The van der Waals surface area contributed by atoms with Gasteiger partial charge in [-0.3, -0.25) is 4.79 Å². The van der Waals surface area contributed by atoms with Crippen LogP contribution in [0.2, 0.25) is 5.02 Å². The summed E-state index contributed by atoms with van der Waals surface area (Å²) in [6, 6.07) is 9.57. The molecule has 1 aromatic carbocycles. The van der Waals surface area contributed by atoms with Crippen LogP contribution < -0.4 is 5.32 Å². The molecule has 4 fully saturated rings. The third-order valence-corrected chi connectivity index (χ3v) is 8.12. The minimum atomic E-state index is -0.103. The molecule has 0 saturated heterocycles. The highest BCUT2D eigenvalue weighted by molar-refractivity contribution is 6.31. The van der Waals surface area contributed by atoms with E-state index in [2.05, 4.69) is 12.2 Å². The Balaban J connectivity index is 1.32. The first-order valence-electron chi connectivity index (χ1n) is 10.6. The van der Waals surface area contributed by atoms with Crippen LogP contribution in [0, 0.1) is 30.1 Å². The first-order valence-corrected chi connectivity index (χ1v) is 11.0. The lowest BCUT2D eigenvalue weighted by Gasteiger charge is -2.59. The molecule has 4 aliphatic carbocycles. The average molecular weight is 398 g/mol. The lowest BCUT2D eigenvalue weighted by molar-refractivity contribution is -0.0688. The number of furan rings is 1. The van der Waals surface area contributed by atoms with Crippen molar-refractivity contribution >= 4 is 17.5 Å². The number of carbonyl (C=O) groups excluding carboxylic acids is 1. The predicted octanol–water partition coefficient (Wildman–Crippen LogP) is 6.24. The number of hydrogen-bond acceptors (Lipinski definition) is 2. The number of benzene rings is 1. The summed E-state index contributed by atoms with van der Waals surface area (Å²) in [5, 5.41) is 3.99. The lowest BCUT2D eigenvalue weighted by Crippen LogP contribution is -2.55. The molecular formula is C24H28ClNO2. The van der Waals surface area contributed by atoms with Crippen molar-refractivity contribution in [2.24, 2.45) is 23.2 Å². The number of halogens is 1. The molecule has 0 unspecified atom stereocenters. The monoisotopic (exact) mass is 397 g/mol. The Morgan fingerprint density at radius 2 is 1.75 bits per heavy atom. The quantitative estimate of drug-likeness (QED) is 0.663. The van der Waals surface area contributed by atoms with Crippen molar-refractivity contribution < 1.29 is 9.21 Å². The number of rotatable bonds is 4. The van der Waals surface area contributed by atoms with Crippen LogP contribution in [-0.4, -0.2) is 11.9 Å². The Kier molecular flexibility index (Phi) is 4.35. The maximum absolute atomic E-state index is 12.9. The fraction of sp³-hybridized carbons (Fsp3) is 0.542. The molecule has 3 nitrogen and oxygen atoms in total. The number of nitrogens with one attached hydrogen (secondary N) is 1. The van der Waals surface area contributed by atoms with Crippen molar-refractivity contribution in [2.45, 2.75) is 58.4 Å². The molecule has 2 aromatic rings. The Morgan fingerprint density at radius 3 is 2.39 bits per heavy atom. The summed E-state index contributed by atoms with van der Waals surface area (Å²) in [5.41, 5.74) is 2.19. The predicted molar refractivity (Wildman–Crippen MR) is 111 cm³/mol. The van der Waals surface area contributed by atoms with E-state index in [1.54, 1.807) is 6.07 Å². The van der Waals surface area contributed by atoms with Gasteiger partial charge in [0, 0.05) is 16.6 Å². The van der Waals surface area contributed by atoms with Crippen molar-refractivity contribution in [3.63, 3.8) is 0 Å². The highest BCUT2D eigenvalue weighted by atomic mass is 35.5. The van der Waals surface area contributed by atoms with Crippen LogP contribution in [0.3, 0.4) is 0 Å². The maximum Gasteiger partial charge on any atom is 0.287 e. The fourth-order valence-electron chi connectivity index (χ4n) is 6.61. The molecule has 6 rings (SSSR count). The number of carbonyl (C=O) groups is 1. The summed E-state index contributed by atoms with van der Waals surface area (Å²) in [4.78, 5) is 12.9. The van der Waals surface area contributed by atoms with Gasteiger partial charge in [-0.25, -0.2) is 0 Å². The average Bonchev–Trinajstić information content (AvgIpc) is 3.13. The molecular weight excluding hydrogens is 370 g/mol. The molecule has 28 heavy (non-hydrogen) atoms. The zero-order valence-corrected chi connectivity index (χ0v) is 17.4. The second-order valence-corrected chi connectivity index (χ2v) is 9.96. The van der Waals surface area contributed by atoms with E-state index < -0.39 is 0 Å². The van der Waals surface area contributed by atoms with Gasteiger partial charge in [-0.15, -0.1) is 0 Å². The van der Waals surface area contributed by atoms with Crippen LogP contribution in [0.4, 0.5) is 0 Å². The Hall–Kier alpha value is -1.74. The highest BCUT2D eigenvalue weighted by Gasteiger charge is 2.53. The van der Waals surface area contributed by atoms with Gasteiger partial charge in [0.2, 0.25) is 0 Å². The summed E-state index contributed by atoms with van der Waals surface area (Å²) < 4.78 is 5.92. The first kappa shape index (κ1) is 18.3. The lowest BCUT2D eigenvalue weighted by atomic mass is 9.48. The van der Waals surface area contributed by atoms with Crippen LogP contribution in [0.5, 0.6) is 0 Å².